The predicted molar refractivity (Wildman–Crippen MR) is 61.2 cm³/mol. The molecule has 13 heavy (non-hydrogen) atoms. The summed E-state index contributed by atoms with van der Waals surface area (Å²) in [6.45, 7) is 8.51. The van der Waals surface area contributed by atoms with E-state index in [1.807, 2.05) is 6.20 Å². The first-order chi connectivity index (χ1) is 6.24. The second kappa shape index (κ2) is 7.78. The second-order valence-electron chi connectivity index (χ2n) is 3.09. The smallest absolute Gasteiger partial charge is 0.0296 e. The maximum Gasteiger partial charge on any atom is 0.0296 e. The number of rotatable bonds is 5. The third-order valence-electron chi connectivity index (χ3n) is 1.88. The van der Waals surface area contributed by atoms with Gasteiger partial charge in [0.1, 0.15) is 0 Å². The van der Waals surface area contributed by atoms with Crippen molar-refractivity contribution in [2.75, 3.05) is 0 Å². The van der Waals surface area contributed by atoms with E-state index in [4.69, 9.17) is 0 Å². The van der Waals surface area contributed by atoms with Crippen LogP contribution in [0.4, 0.5) is 0 Å². The Morgan fingerprint density at radius 3 is 2.23 bits per heavy atom. The molecule has 0 amide bonds. The van der Waals surface area contributed by atoms with Gasteiger partial charge in [0.2, 0.25) is 0 Å². The quantitative estimate of drug-likeness (QED) is 0.445. The van der Waals surface area contributed by atoms with E-state index in [9.17, 15) is 0 Å². The van der Waals surface area contributed by atoms with Crippen molar-refractivity contribution < 1.29 is 0 Å². The van der Waals surface area contributed by atoms with Gasteiger partial charge in [0.15, 0.2) is 0 Å². The Balaban J connectivity index is 4.21. The summed E-state index contributed by atoms with van der Waals surface area (Å²) in [5.74, 6) is 0. The van der Waals surface area contributed by atoms with Crippen molar-refractivity contribution >= 4 is 5.71 Å². The van der Waals surface area contributed by atoms with Crippen LogP contribution in [0.5, 0.6) is 0 Å². The highest BCUT2D eigenvalue weighted by Crippen LogP contribution is 1.99. The fraction of sp³-hybridized carbons (Fsp3) is 0.583. The van der Waals surface area contributed by atoms with Crippen molar-refractivity contribution in [3.63, 3.8) is 0 Å². The van der Waals surface area contributed by atoms with E-state index >= 15 is 0 Å². The molecule has 0 spiro atoms. The van der Waals surface area contributed by atoms with E-state index in [1.54, 1.807) is 0 Å². The second-order valence-corrected chi connectivity index (χ2v) is 3.09. The fourth-order valence-electron chi connectivity index (χ4n) is 0.972. The maximum absolute atomic E-state index is 4.42. The number of aliphatic imine (C=N–C) groups is 1. The van der Waals surface area contributed by atoms with Crippen LogP contribution in [0, 0.1) is 0 Å². The highest BCUT2D eigenvalue weighted by molar-refractivity contribution is 5.84. The molecule has 0 aromatic carbocycles. The normalized spacial score (nSPS) is 12.2. The first-order valence-electron chi connectivity index (χ1n) is 5.13. The predicted octanol–water partition coefficient (Wildman–Crippen LogP) is 4.12. The molecule has 0 aliphatic rings. The van der Waals surface area contributed by atoms with E-state index in [2.05, 4.69) is 44.8 Å². The summed E-state index contributed by atoms with van der Waals surface area (Å²) in [5.41, 5.74) is 2.49. The molecular weight excluding hydrogens is 158 g/mol. The van der Waals surface area contributed by atoms with Crippen LogP contribution in [0.3, 0.4) is 0 Å². The summed E-state index contributed by atoms with van der Waals surface area (Å²) in [6, 6.07) is 0. The standard InChI is InChI=1S/C12H21N/c1-5-8-9-11(4)10-13-12(6-2)7-3/h8-10H,5-7H2,1-4H3/b9-8+,11-10-. The first-order valence-corrected chi connectivity index (χ1v) is 5.13. The van der Waals surface area contributed by atoms with Crippen molar-refractivity contribution in [1.82, 2.24) is 0 Å². The molecule has 0 aromatic heterocycles. The molecule has 0 unspecified atom stereocenters. The van der Waals surface area contributed by atoms with Gasteiger partial charge in [-0.25, -0.2) is 0 Å². The Morgan fingerprint density at radius 2 is 1.77 bits per heavy atom. The molecule has 0 saturated heterocycles. The van der Waals surface area contributed by atoms with Gasteiger partial charge in [-0.1, -0.05) is 32.9 Å². The molecule has 0 aromatic rings. The van der Waals surface area contributed by atoms with Gasteiger partial charge in [0.25, 0.3) is 0 Å². The van der Waals surface area contributed by atoms with Crippen LogP contribution in [0.25, 0.3) is 0 Å². The highest BCUT2D eigenvalue weighted by Gasteiger charge is 1.88. The lowest BCUT2D eigenvalue weighted by Gasteiger charge is -1.95. The van der Waals surface area contributed by atoms with Crippen molar-refractivity contribution in [3.8, 4) is 0 Å². The summed E-state index contributed by atoms with van der Waals surface area (Å²) in [5, 5.41) is 0. The van der Waals surface area contributed by atoms with Crippen molar-refractivity contribution in [2.45, 2.75) is 47.0 Å². The SMILES string of the molecule is CC/C=C/C(C)=C\N=C(CC)CC. The maximum atomic E-state index is 4.42. The van der Waals surface area contributed by atoms with Gasteiger partial charge in [-0.05, 0) is 31.8 Å². The molecule has 0 bridgehead atoms. The summed E-state index contributed by atoms with van der Waals surface area (Å²) >= 11 is 0. The molecule has 0 heterocycles. The zero-order valence-electron chi connectivity index (χ0n) is 9.30. The van der Waals surface area contributed by atoms with Crippen molar-refractivity contribution in [3.05, 3.63) is 23.9 Å². The third-order valence-corrected chi connectivity index (χ3v) is 1.88. The minimum Gasteiger partial charge on any atom is -0.265 e. The largest absolute Gasteiger partial charge is 0.265 e. The molecule has 1 nitrogen and oxygen atoms in total. The average Bonchev–Trinajstić information content (AvgIpc) is 2.16. The summed E-state index contributed by atoms with van der Waals surface area (Å²) in [4.78, 5) is 4.42. The number of hydrogen-bond donors (Lipinski definition) is 0. The number of allylic oxidation sites excluding steroid dienone is 3. The van der Waals surface area contributed by atoms with Crippen molar-refractivity contribution in [1.29, 1.82) is 0 Å². The highest BCUT2D eigenvalue weighted by atomic mass is 14.7. The molecule has 74 valence electrons. The Hall–Kier alpha value is -0.850. The Labute approximate surface area is 82.3 Å². The van der Waals surface area contributed by atoms with Crippen molar-refractivity contribution in [2.24, 2.45) is 4.99 Å². The molecule has 1 heteroatoms. The molecule has 0 saturated carbocycles. The molecule has 0 fully saturated rings. The Bertz CT molecular complexity index is 203. The van der Waals surface area contributed by atoms with E-state index < -0.39 is 0 Å². The van der Waals surface area contributed by atoms with Gasteiger partial charge in [-0.3, -0.25) is 4.99 Å². The Kier molecular flexibility index (Phi) is 7.27. The molecule has 0 aliphatic heterocycles. The van der Waals surface area contributed by atoms with Gasteiger partial charge in [0.05, 0.1) is 0 Å². The van der Waals surface area contributed by atoms with Gasteiger partial charge < -0.3 is 0 Å². The van der Waals surface area contributed by atoms with Gasteiger partial charge in [-0.15, -0.1) is 0 Å². The van der Waals surface area contributed by atoms with E-state index in [-0.39, 0.29) is 0 Å². The molecular formula is C12H21N. The number of hydrogen-bond acceptors (Lipinski definition) is 1. The monoisotopic (exact) mass is 179 g/mol. The van der Waals surface area contributed by atoms with E-state index in [0.717, 1.165) is 19.3 Å². The molecule has 0 atom stereocenters. The zero-order chi connectivity index (χ0) is 10.1. The summed E-state index contributed by atoms with van der Waals surface area (Å²) < 4.78 is 0. The Morgan fingerprint density at radius 1 is 1.15 bits per heavy atom. The van der Waals surface area contributed by atoms with Crippen LogP contribution in [-0.2, 0) is 0 Å². The lowest BCUT2D eigenvalue weighted by molar-refractivity contribution is 1.14. The van der Waals surface area contributed by atoms with Crippen LogP contribution >= 0.6 is 0 Å². The lowest BCUT2D eigenvalue weighted by atomic mass is 10.2. The van der Waals surface area contributed by atoms with Crippen LogP contribution in [0.15, 0.2) is 28.9 Å². The van der Waals surface area contributed by atoms with Gasteiger partial charge in [-0.2, -0.15) is 0 Å². The lowest BCUT2D eigenvalue weighted by Crippen LogP contribution is -1.90. The van der Waals surface area contributed by atoms with Crippen LogP contribution in [0.1, 0.15) is 47.0 Å². The minimum atomic E-state index is 1.05. The van der Waals surface area contributed by atoms with Crippen LogP contribution < -0.4 is 0 Å². The topological polar surface area (TPSA) is 12.4 Å². The minimum absolute atomic E-state index is 1.05. The van der Waals surface area contributed by atoms with Crippen LogP contribution in [0.2, 0.25) is 0 Å². The van der Waals surface area contributed by atoms with Gasteiger partial charge in [0, 0.05) is 11.9 Å². The van der Waals surface area contributed by atoms with Crippen LogP contribution in [-0.4, -0.2) is 5.71 Å². The first kappa shape index (κ1) is 12.2. The van der Waals surface area contributed by atoms with E-state index in [0.29, 0.717) is 0 Å². The van der Waals surface area contributed by atoms with Gasteiger partial charge >= 0.3 is 0 Å². The summed E-state index contributed by atoms with van der Waals surface area (Å²) in [6.07, 6.45) is 9.42. The summed E-state index contributed by atoms with van der Waals surface area (Å²) in [7, 11) is 0. The number of nitrogens with zero attached hydrogens (tertiary/aromatic N) is 1. The fourth-order valence-corrected chi connectivity index (χ4v) is 0.972. The molecule has 0 N–H and O–H groups in total. The van der Waals surface area contributed by atoms with E-state index in [1.165, 1.54) is 11.3 Å². The third kappa shape index (κ3) is 6.32. The molecule has 0 rings (SSSR count). The molecule has 0 radical (unpaired) electrons. The average molecular weight is 179 g/mol. The zero-order valence-corrected chi connectivity index (χ0v) is 9.30. The molecule has 0 aliphatic carbocycles.